The van der Waals surface area contributed by atoms with Crippen molar-refractivity contribution in [1.29, 1.82) is 0 Å². The molecule has 1 aromatic heterocycles. The highest BCUT2D eigenvalue weighted by molar-refractivity contribution is 7.10. The molecule has 2 N–H and O–H groups in total. The Kier molecular flexibility index (Phi) is 4.99. The zero-order valence-electron chi connectivity index (χ0n) is 18.1. The number of fused-ring (bicyclic) bond motifs is 3. The van der Waals surface area contributed by atoms with Crippen LogP contribution in [0.3, 0.4) is 0 Å². The molecule has 4 heterocycles. The Labute approximate surface area is 199 Å². The van der Waals surface area contributed by atoms with E-state index in [2.05, 4.69) is 10.6 Å². The molecule has 0 bridgehead atoms. The van der Waals surface area contributed by atoms with Crippen LogP contribution < -0.4 is 20.1 Å². The third-order valence-corrected chi connectivity index (χ3v) is 7.23. The second-order valence-electron chi connectivity index (χ2n) is 8.55. The Morgan fingerprint density at radius 2 is 1.91 bits per heavy atom. The molecule has 1 fully saturated rings. The number of carbonyl (C=O) groups is 3. The van der Waals surface area contributed by atoms with Gasteiger partial charge in [0, 0.05) is 17.5 Å². The molecule has 172 valence electrons. The Morgan fingerprint density at radius 3 is 2.76 bits per heavy atom. The first kappa shape index (κ1) is 20.7. The van der Waals surface area contributed by atoms with Gasteiger partial charge in [0.2, 0.25) is 18.6 Å². The van der Waals surface area contributed by atoms with Crippen LogP contribution >= 0.6 is 11.3 Å². The summed E-state index contributed by atoms with van der Waals surface area (Å²) in [6.07, 6.45) is 0.678. The van der Waals surface area contributed by atoms with E-state index in [1.54, 1.807) is 17.0 Å². The highest BCUT2D eigenvalue weighted by atomic mass is 32.1. The zero-order valence-corrected chi connectivity index (χ0v) is 18.9. The first-order valence-electron chi connectivity index (χ1n) is 11.0. The number of carbonyl (C=O) groups excluding carboxylic acids is 3. The van der Waals surface area contributed by atoms with Gasteiger partial charge in [-0.1, -0.05) is 18.2 Å². The first-order valence-corrected chi connectivity index (χ1v) is 11.9. The van der Waals surface area contributed by atoms with Crippen LogP contribution in [0, 0.1) is 0 Å². The molecule has 34 heavy (non-hydrogen) atoms. The summed E-state index contributed by atoms with van der Waals surface area (Å²) in [6, 6.07) is 14.0. The van der Waals surface area contributed by atoms with Crippen molar-refractivity contribution < 1.29 is 23.9 Å². The molecule has 6 rings (SSSR count). The maximum absolute atomic E-state index is 13.5. The normalized spacial score (nSPS) is 20.4. The molecule has 9 heteroatoms. The number of rotatable bonds is 4. The van der Waals surface area contributed by atoms with E-state index in [1.165, 1.54) is 11.3 Å². The van der Waals surface area contributed by atoms with Crippen LogP contribution in [0.4, 0.5) is 5.69 Å². The van der Waals surface area contributed by atoms with E-state index >= 15 is 0 Å². The van der Waals surface area contributed by atoms with Gasteiger partial charge in [0.25, 0.3) is 5.91 Å². The van der Waals surface area contributed by atoms with E-state index in [4.69, 9.17) is 9.47 Å². The molecule has 2 atom stereocenters. The topological polar surface area (TPSA) is 97.0 Å². The summed E-state index contributed by atoms with van der Waals surface area (Å²) in [7, 11) is 0. The number of hydrogen-bond donors (Lipinski definition) is 2. The fourth-order valence-electron chi connectivity index (χ4n) is 4.72. The quantitative estimate of drug-likeness (QED) is 0.605. The fourth-order valence-corrected chi connectivity index (χ4v) is 5.42. The monoisotopic (exact) mass is 475 g/mol. The standard InChI is InChI=1S/C25H21N3O5S/c29-23(11-17-2-1-7-34-17)26-16-10-20-24(30)27-19-5-3-14(8-18(19)25(31)28(20)12-16)15-4-6-21-22(9-15)33-13-32-21/h1-9,16,20H,10-13H2,(H,26,29)(H,27,30). The molecule has 1 saturated heterocycles. The average Bonchev–Trinajstić information content (AvgIpc) is 3.58. The molecule has 3 aliphatic heterocycles. The lowest BCUT2D eigenvalue weighted by atomic mass is 10.0. The average molecular weight is 476 g/mol. The summed E-state index contributed by atoms with van der Waals surface area (Å²) in [5.41, 5.74) is 2.63. The van der Waals surface area contributed by atoms with Crippen LogP contribution in [0.25, 0.3) is 11.1 Å². The fraction of sp³-hybridized carbons (Fsp3) is 0.240. The van der Waals surface area contributed by atoms with Crippen molar-refractivity contribution >= 4 is 34.7 Å². The summed E-state index contributed by atoms with van der Waals surface area (Å²) >= 11 is 1.53. The van der Waals surface area contributed by atoms with E-state index in [1.807, 2.05) is 41.8 Å². The van der Waals surface area contributed by atoms with Crippen molar-refractivity contribution in [2.75, 3.05) is 18.7 Å². The van der Waals surface area contributed by atoms with Crippen molar-refractivity contribution in [1.82, 2.24) is 10.2 Å². The predicted octanol–water partition coefficient (Wildman–Crippen LogP) is 3.04. The molecule has 0 saturated carbocycles. The number of nitrogens with one attached hydrogen (secondary N) is 2. The first-order chi connectivity index (χ1) is 16.5. The van der Waals surface area contributed by atoms with Gasteiger partial charge in [-0.3, -0.25) is 14.4 Å². The second kappa shape index (κ2) is 8.18. The van der Waals surface area contributed by atoms with E-state index < -0.39 is 6.04 Å². The van der Waals surface area contributed by atoms with E-state index in [0.29, 0.717) is 42.1 Å². The number of ether oxygens (including phenoxy) is 2. The molecule has 2 unspecified atom stereocenters. The lowest BCUT2D eigenvalue weighted by molar-refractivity contribution is -0.121. The van der Waals surface area contributed by atoms with Crippen molar-refractivity contribution in [2.45, 2.75) is 24.9 Å². The Morgan fingerprint density at radius 1 is 1.09 bits per heavy atom. The number of thiophene rings is 1. The highest BCUT2D eigenvalue weighted by Gasteiger charge is 2.43. The molecule has 0 aliphatic carbocycles. The minimum atomic E-state index is -0.624. The third-order valence-electron chi connectivity index (χ3n) is 6.36. The van der Waals surface area contributed by atoms with Gasteiger partial charge in [0.15, 0.2) is 11.5 Å². The van der Waals surface area contributed by atoms with Crippen LogP contribution in [-0.2, 0) is 16.0 Å². The molecule has 2 aromatic carbocycles. The van der Waals surface area contributed by atoms with Crippen LogP contribution in [-0.4, -0.2) is 48.0 Å². The maximum atomic E-state index is 13.5. The molecular formula is C25H21N3O5S. The van der Waals surface area contributed by atoms with Gasteiger partial charge in [-0.2, -0.15) is 0 Å². The van der Waals surface area contributed by atoms with Crippen molar-refractivity contribution in [2.24, 2.45) is 0 Å². The summed E-state index contributed by atoms with van der Waals surface area (Å²) in [5.74, 6) is 0.777. The number of amides is 3. The predicted molar refractivity (Wildman–Crippen MR) is 126 cm³/mol. The molecule has 0 spiro atoms. The number of hydrogen-bond acceptors (Lipinski definition) is 6. The smallest absolute Gasteiger partial charge is 0.256 e. The molecule has 0 radical (unpaired) electrons. The van der Waals surface area contributed by atoms with Gasteiger partial charge in [-0.25, -0.2) is 0 Å². The van der Waals surface area contributed by atoms with Gasteiger partial charge in [-0.15, -0.1) is 11.3 Å². The molecule has 3 aromatic rings. The van der Waals surface area contributed by atoms with Gasteiger partial charge in [0.05, 0.1) is 17.7 Å². The van der Waals surface area contributed by atoms with Gasteiger partial charge in [-0.05, 0) is 53.3 Å². The van der Waals surface area contributed by atoms with Crippen LogP contribution in [0.1, 0.15) is 21.7 Å². The highest BCUT2D eigenvalue weighted by Crippen LogP contribution is 2.37. The minimum Gasteiger partial charge on any atom is -0.454 e. The lowest BCUT2D eigenvalue weighted by Crippen LogP contribution is -2.41. The third kappa shape index (κ3) is 3.67. The van der Waals surface area contributed by atoms with E-state index in [0.717, 1.165) is 16.0 Å². The van der Waals surface area contributed by atoms with Crippen molar-refractivity contribution in [3.63, 3.8) is 0 Å². The van der Waals surface area contributed by atoms with Gasteiger partial charge in [0.1, 0.15) is 6.04 Å². The molecular weight excluding hydrogens is 454 g/mol. The van der Waals surface area contributed by atoms with Crippen LogP contribution in [0.2, 0.25) is 0 Å². The Balaban J connectivity index is 1.23. The van der Waals surface area contributed by atoms with Crippen LogP contribution in [0.15, 0.2) is 53.9 Å². The number of anilines is 1. The minimum absolute atomic E-state index is 0.108. The summed E-state index contributed by atoms with van der Waals surface area (Å²) in [6.45, 7) is 0.482. The van der Waals surface area contributed by atoms with E-state index in [-0.39, 0.29) is 30.6 Å². The largest absolute Gasteiger partial charge is 0.454 e. The van der Waals surface area contributed by atoms with Crippen molar-refractivity contribution in [3.8, 4) is 22.6 Å². The van der Waals surface area contributed by atoms with Crippen LogP contribution in [0.5, 0.6) is 11.5 Å². The SMILES string of the molecule is O=C(Cc1cccs1)NC1CC2C(=O)Nc3ccc(-c4ccc5c(c4)OCO5)cc3C(=O)N2C1. The number of nitrogens with zero attached hydrogens (tertiary/aromatic N) is 1. The molecule has 3 aliphatic rings. The molecule has 3 amide bonds. The molecule has 8 nitrogen and oxygen atoms in total. The summed E-state index contributed by atoms with van der Waals surface area (Å²) < 4.78 is 10.9. The Bertz CT molecular complexity index is 1310. The second-order valence-corrected chi connectivity index (χ2v) is 9.58. The summed E-state index contributed by atoms with van der Waals surface area (Å²) in [4.78, 5) is 41.4. The van der Waals surface area contributed by atoms with E-state index in [9.17, 15) is 14.4 Å². The summed E-state index contributed by atoms with van der Waals surface area (Å²) in [5, 5.41) is 7.82. The maximum Gasteiger partial charge on any atom is 0.256 e. The van der Waals surface area contributed by atoms with Crippen molar-refractivity contribution in [3.05, 3.63) is 64.4 Å². The lowest BCUT2D eigenvalue weighted by Gasteiger charge is -2.20. The van der Waals surface area contributed by atoms with Gasteiger partial charge >= 0.3 is 0 Å². The zero-order chi connectivity index (χ0) is 23.2. The number of benzene rings is 2. The Hall–Kier alpha value is -3.85. The van der Waals surface area contributed by atoms with Gasteiger partial charge < -0.3 is 25.0 Å².